The molecule has 0 heterocycles. The van der Waals surface area contributed by atoms with E-state index >= 15 is 0 Å². The fraction of sp³-hybridized carbons (Fsp3) is 0.0588. The number of thiocarbonyl (C=S) groups is 1. The molecule has 0 spiro atoms. The van der Waals surface area contributed by atoms with Crippen LogP contribution in [0.25, 0.3) is 21.5 Å². The molecule has 3 nitrogen and oxygen atoms in total. The van der Waals surface area contributed by atoms with E-state index in [1.165, 1.54) is 21.5 Å². The minimum absolute atomic E-state index is 0.496. The van der Waals surface area contributed by atoms with Gasteiger partial charge in [0.2, 0.25) is 0 Å². The number of hydrogen-bond donors (Lipinski definition) is 2. The second-order valence-corrected chi connectivity index (χ2v) is 5.09. The van der Waals surface area contributed by atoms with Crippen molar-refractivity contribution in [1.82, 2.24) is 10.7 Å². The quantitative estimate of drug-likeness (QED) is 0.329. The second kappa shape index (κ2) is 5.89. The summed E-state index contributed by atoms with van der Waals surface area (Å²) in [7, 11) is 1.76. The van der Waals surface area contributed by atoms with E-state index in [1.54, 1.807) is 7.05 Å². The molecule has 0 aliphatic heterocycles. The highest BCUT2D eigenvalue weighted by Crippen LogP contribution is 2.27. The summed E-state index contributed by atoms with van der Waals surface area (Å²) in [5.74, 6) is 0. The van der Waals surface area contributed by atoms with Crippen molar-refractivity contribution < 1.29 is 0 Å². The Bertz CT molecular complexity index is 786. The maximum absolute atomic E-state index is 5.03. The predicted molar refractivity (Wildman–Crippen MR) is 93.8 cm³/mol. The SMILES string of the molecule is CNC(=S)NN=Cc1c2ccccc2cc2ccccc12. The molecule has 3 rings (SSSR count). The molecule has 0 saturated heterocycles. The van der Waals surface area contributed by atoms with Crippen molar-refractivity contribution >= 4 is 45.1 Å². The molecule has 3 aromatic carbocycles. The Kier molecular flexibility index (Phi) is 3.79. The molecule has 0 atom stereocenters. The molecule has 0 aliphatic rings. The Labute approximate surface area is 128 Å². The van der Waals surface area contributed by atoms with Gasteiger partial charge in [-0.1, -0.05) is 48.5 Å². The largest absolute Gasteiger partial charge is 0.364 e. The van der Waals surface area contributed by atoms with Crippen LogP contribution in [0.5, 0.6) is 0 Å². The Morgan fingerprint density at radius 2 is 1.57 bits per heavy atom. The van der Waals surface area contributed by atoms with Crippen LogP contribution in [0.4, 0.5) is 0 Å². The van der Waals surface area contributed by atoms with Gasteiger partial charge < -0.3 is 5.32 Å². The van der Waals surface area contributed by atoms with Gasteiger partial charge in [-0.25, -0.2) is 0 Å². The number of hydrogen-bond acceptors (Lipinski definition) is 2. The first kappa shape index (κ1) is 13.5. The van der Waals surface area contributed by atoms with Gasteiger partial charge >= 0.3 is 0 Å². The molecule has 4 heteroatoms. The van der Waals surface area contributed by atoms with E-state index in [2.05, 4.69) is 46.2 Å². The van der Waals surface area contributed by atoms with E-state index in [1.807, 2.05) is 30.5 Å². The summed E-state index contributed by atoms with van der Waals surface area (Å²) in [6.45, 7) is 0. The van der Waals surface area contributed by atoms with Gasteiger partial charge in [0.05, 0.1) is 6.21 Å². The van der Waals surface area contributed by atoms with Crippen molar-refractivity contribution in [3.05, 3.63) is 60.2 Å². The Morgan fingerprint density at radius 1 is 1.00 bits per heavy atom. The molecule has 0 unspecified atom stereocenters. The topological polar surface area (TPSA) is 36.4 Å². The zero-order chi connectivity index (χ0) is 14.7. The van der Waals surface area contributed by atoms with Crippen LogP contribution >= 0.6 is 12.2 Å². The van der Waals surface area contributed by atoms with Crippen LogP contribution in [0.3, 0.4) is 0 Å². The molecule has 3 aromatic rings. The number of benzene rings is 3. The van der Waals surface area contributed by atoms with Crippen molar-refractivity contribution in [3.8, 4) is 0 Å². The van der Waals surface area contributed by atoms with Crippen LogP contribution in [-0.4, -0.2) is 18.4 Å². The van der Waals surface area contributed by atoms with Gasteiger partial charge in [-0.05, 0) is 39.8 Å². The Hall–Kier alpha value is -2.46. The van der Waals surface area contributed by atoms with Crippen LogP contribution in [0.2, 0.25) is 0 Å². The van der Waals surface area contributed by atoms with Gasteiger partial charge in [-0.2, -0.15) is 5.10 Å². The van der Waals surface area contributed by atoms with Crippen molar-refractivity contribution in [1.29, 1.82) is 0 Å². The van der Waals surface area contributed by atoms with E-state index < -0.39 is 0 Å². The van der Waals surface area contributed by atoms with Gasteiger partial charge in [0.25, 0.3) is 0 Å². The van der Waals surface area contributed by atoms with E-state index in [9.17, 15) is 0 Å². The van der Waals surface area contributed by atoms with Crippen molar-refractivity contribution in [2.24, 2.45) is 5.10 Å². The zero-order valence-electron chi connectivity index (χ0n) is 11.6. The lowest BCUT2D eigenvalue weighted by Crippen LogP contribution is -2.28. The van der Waals surface area contributed by atoms with Gasteiger partial charge in [-0.3, -0.25) is 5.43 Å². The molecule has 0 aliphatic carbocycles. The first-order valence-corrected chi connectivity index (χ1v) is 7.11. The third-order valence-electron chi connectivity index (χ3n) is 3.40. The molecule has 0 amide bonds. The fourth-order valence-corrected chi connectivity index (χ4v) is 2.45. The smallest absolute Gasteiger partial charge is 0.186 e. The maximum atomic E-state index is 5.03. The van der Waals surface area contributed by atoms with Crippen LogP contribution in [0.15, 0.2) is 59.7 Å². The maximum Gasteiger partial charge on any atom is 0.186 e. The molecule has 2 N–H and O–H groups in total. The zero-order valence-corrected chi connectivity index (χ0v) is 12.4. The highest BCUT2D eigenvalue weighted by Gasteiger charge is 2.05. The lowest BCUT2D eigenvalue weighted by Gasteiger charge is -2.08. The van der Waals surface area contributed by atoms with Crippen molar-refractivity contribution in [2.45, 2.75) is 0 Å². The summed E-state index contributed by atoms with van der Waals surface area (Å²) in [6, 6.07) is 18.8. The van der Waals surface area contributed by atoms with Crippen LogP contribution < -0.4 is 10.7 Å². The third-order valence-corrected chi connectivity index (χ3v) is 3.70. The number of rotatable bonds is 2. The van der Waals surface area contributed by atoms with E-state index in [-0.39, 0.29) is 0 Å². The Morgan fingerprint density at radius 3 is 2.14 bits per heavy atom. The summed E-state index contributed by atoms with van der Waals surface area (Å²) < 4.78 is 0. The average Bonchev–Trinajstić information content (AvgIpc) is 2.54. The molecular weight excluding hydrogens is 278 g/mol. The van der Waals surface area contributed by atoms with E-state index in [4.69, 9.17) is 12.2 Å². The summed E-state index contributed by atoms with van der Waals surface area (Å²) in [5, 5.41) is 12.3. The van der Waals surface area contributed by atoms with Crippen molar-refractivity contribution in [3.63, 3.8) is 0 Å². The normalized spacial score (nSPS) is 11.1. The molecular formula is C17H15N3S. The monoisotopic (exact) mass is 293 g/mol. The predicted octanol–water partition coefficient (Wildman–Crippen LogP) is 3.42. The average molecular weight is 293 g/mol. The molecule has 104 valence electrons. The molecule has 21 heavy (non-hydrogen) atoms. The Balaban J connectivity index is 2.18. The summed E-state index contributed by atoms with van der Waals surface area (Å²) >= 11 is 5.03. The minimum atomic E-state index is 0.496. The lowest BCUT2D eigenvalue weighted by atomic mass is 9.97. The highest BCUT2D eigenvalue weighted by atomic mass is 32.1. The van der Waals surface area contributed by atoms with E-state index in [0.717, 1.165) is 5.56 Å². The standard InChI is InChI=1S/C17H15N3S/c1-18-17(21)20-19-11-16-14-8-4-2-6-12(14)10-13-7-3-5-9-15(13)16/h2-11H,1H3,(H2,18,20,21). The first-order chi connectivity index (χ1) is 10.3. The van der Waals surface area contributed by atoms with Crippen LogP contribution in [-0.2, 0) is 0 Å². The van der Waals surface area contributed by atoms with Crippen LogP contribution in [0, 0.1) is 0 Å². The first-order valence-electron chi connectivity index (χ1n) is 6.71. The van der Waals surface area contributed by atoms with Gasteiger partial charge in [0, 0.05) is 12.6 Å². The second-order valence-electron chi connectivity index (χ2n) is 4.68. The number of fused-ring (bicyclic) bond motifs is 2. The third kappa shape index (κ3) is 2.71. The summed E-state index contributed by atoms with van der Waals surface area (Å²) in [5.41, 5.74) is 3.89. The number of nitrogens with zero attached hydrogens (tertiary/aromatic N) is 1. The number of hydrazone groups is 1. The van der Waals surface area contributed by atoms with Crippen molar-refractivity contribution in [2.75, 3.05) is 7.05 Å². The van der Waals surface area contributed by atoms with E-state index in [0.29, 0.717) is 5.11 Å². The lowest BCUT2D eigenvalue weighted by molar-refractivity contribution is 0.982. The van der Waals surface area contributed by atoms with Gasteiger partial charge in [0.1, 0.15) is 0 Å². The molecule has 0 aromatic heterocycles. The minimum Gasteiger partial charge on any atom is -0.364 e. The molecule has 0 bridgehead atoms. The fourth-order valence-electron chi connectivity index (χ4n) is 2.40. The highest BCUT2D eigenvalue weighted by molar-refractivity contribution is 7.80. The van der Waals surface area contributed by atoms with Crippen LogP contribution in [0.1, 0.15) is 5.56 Å². The molecule has 0 fully saturated rings. The molecule has 0 radical (unpaired) electrons. The molecule has 0 saturated carbocycles. The van der Waals surface area contributed by atoms with Gasteiger partial charge in [-0.15, -0.1) is 0 Å². The number of nitrogens with one attached hydrogen (secondary N) is 2. The summed E-state index contributed by atoms with van der Waals surface area (Å²) in [4.78, 5) is 0. The van der Waals surface area contributed by atoms with Gasteiger partial charge in [0.15, 0.2) is 5.11 Å². The summed E-state index contributed by atoms with van der Waals surface area (Å²) in [6.07, 6.45) is 1.83.